The number of carbonyl (C=O) groups is 1. The van der Waals surface area contributed by atoms with Crippen LogP contribution in [0.25, 0.3) is 0 Å². The molecular formula is C17H21N3O. The Kier molecular flexibility index (Phi) is 4.32. The standard InChI is InChI=1S/C17H21N3O/c1-17(2,3)19-12-14(11-18)16(21)20-10-6-8-13-7-4-5-9-15(13)20/h4-5,7,9,12,19H,6,8,10H2,1-3H3/b14-12-. The van der Waals surface area contributed by atoms with Gasteiger partial charge in [0.1, 0.15) is 11.6 Å². The summed E-state index contributed by atoms with van der Waals surface area (Å²) in [6, 6.07) is 9.90. The van der Waals surface area contributed by atoms with Crippen molar-refractivity contribution in [3.8, 4) is 6.07 Å². The minimum absolute atomic E-state index is 0.140. The summed E-state index contributed by atoms with van der Waals surface area (Å²) in [4.78, 5) is 14.3. The van der Waals surface area contributed by atoms with E-state index in [2.05, 4.69) is 5.32 Å². The highest BCUT2D eigenvalue weighted by Gasteiger charge is 2.25. The maximum Gasteiger partial charge on any atom is 0.270 e. The number of nitriles is 1. The summed E-state index contributed by atoms with van der Waals surface area (Å²) in [5.74, 6) is -0.235. The van der Waals surface area contributed by atoms with Gasteiger partial charge in [0.25, 0.3) is 5.91 Å². The molecule has 2 rings (SSSR count). The number of benzene rings is 1. The number of carbonyl (C=O) groups excluding carboxylic acids is 1. The lowest BCUT2D eigenvalue weighted by molar-refractivity contribution is -0.114. The van der Waals surface area contributed by atoms with Crippen LogP contribution in [0.4, 0.5) is 5.69 Å². The highest BCUT2D eigenvalue weighted by atomic mass is 16.2. The SMILES string of the molecule is CC(C)(C)N/C=C(/C#N)C(=O)N1CCCc2ccccc21. The average molecular weight is 283 g/mol. The maximum atomic E-state index is 12.6. The first-order chi connectivity index (χ1) is 9.92. The van der Waals surface area contributed by atoms with E-state index in [1.54, 1.807) is 4.90 Å². The molecule has 0 unspecified atom stereocenters. The summed E-state index contributed by atoms with van der Waals surface area (Å²) in [7, 11) is 0. The molecular weight excluding hydrogens is 262 g/mol. The van der Waals surface area contributed by atoms with Gasteiger partial charge < -0.3 is 10.2 Å². The Labute approximate surface area is 126 Å². The zero-order chi connectivity index (χ0) is 15.5. The Morgan fingerprint density at radius 1 is 1.38 bits per heavy atom. The number of aryl methyl sites for hydroxylation is 1. The Hall–Kier alpha value is -2.28. The molecule has 21 heavy (non-hydrogen) atoms. The van der Waals surface area contributed by atoms with Gasteiger partial charge in [-0.05, 0) is 45.2 Å². The van der Waals surface area contributed by atoms with Gasteiger partial charge in [0.2, 0.25) is 0 Å². The topological polar surface area (TPSA) is 56.1 Å². The predicted molar refractivity (Wildman–Crippen MR) is 83.7 cm³/mol. The number of rotatable bonds is 2. The number of amides is 1. The van der Waals surface area contributed by atoms with Gasteiger partial charge in [0.05, 0.1) is 0 Å². The Bertz CT molecular complexity index is 605. The van der Waals surface area contributed by atoms with Gasteiger partial charge in [-0.2, -0.15) is 5.26 Å². The molecule has 1 aliphatic rings. The number of fused-ring (bicyclic) bond motifs is 1. The quantitative estimate of drug-likeness (QED) is 0.670. The Morgan fingerprint density at radius 3 is 2.76 bits per heavy atom. The predicted octanol–water partition coefficient (Wildman–Crippen LogP) is 2.76. The lowest BCUT2D eigenvalue weighted by Crippen LogP contribution is -2.38. The van der Waals surface area contributed by atoms with Crippen LogP contribution in [-0.4, -0.2) is 18.0 Å². The van der Waals surface area contributed by atoms with Crippen LogP contribution in [0.1, 0.15) is 32.8 Å². The Morgan fingerprint density at radius 2 is 2.10 bits per heavy atom. The van der Waals surface area contributed by atoms with E-state index < -0.39 is 0 Å². The van der Waals surface area contributed by atoms with Crippen LogP contribution < -0.4 is 10.2 Å². The van der Waals surface area contributed by atoms with E-state index >= 15 is 0 Å². The van der Waals surface area contributed by atoms with Crippen molar-refractivity contribution in [1.82, 2.24) is 5.32 Å². The molecule has 0 saturated carbocycles. The lowest BCUT2D eigenvalue weighted by atomic mass is 10.0. The van der Waals surface area contributed by atoms with Crippen molar-refractivity contribution in [3.05, 3.63) is 41.6 Å². The van der Waals surface area contributed by atoms with E-state index in [0.717, 1.165) is 24.1 Å². The molecule has 4 nitrogen and oxygen atoms in total. The van der Waals surface area contributed by atoms with Crippen molar-refractivity contribution in [2.75, 3.05) is 11.4 Å². The summed E-state index contributed by atoms with van der Waals surface area (Å²) in [6.45, 7) is 6.61. The maximum absolute atomic E-state index is 12.6. The second-order valence-electron chi connectivity index (χ2n) is 6.25. The van der Waals surface area contributed by atoms with Crippen LogP contribution in [0.15, 0.2) is 36.0 Å². The fraction of sp³-hybridized carbons (Fsp3) is 0.412. The lowest BCUT2D eigenvalue weighted by Gasteiger charge is -2.29. The van der Waals surface area contributed by atoms with Crippen LogP contribution in [0.3, 0.4) is 0 Å². The number of hydrogen-bond donors (Lipinski definition) is 1. The number of anilines is 1. The van der Waals surface area contributed by atoms with Gasteiger partial charge >= 0.3 is 0 Å². The van der Waals surface area contributed by atoms with E-state index in [1.165, 1.54) is 6.20 Å². The molecule has 0 spiro atoms. The van der Waals surface area contributed by atoms with Crippen molar-refractivity contribution in [2.45, 2.75) is 39.2 Å². The summed E-state index contributed by atoms with van der Waals surface area (Å²) in [5, 5.41) is 12.4. The molecule has 4 heteroatoms. The molecule has 1 N–H and O–H groups in total. The fourth-order valence-electron chi connectivity index (χ4n) is 2.32. The largest absolute Gasteiger partial charge is 0.385 e. The molecule has 1 aliphatic heterocycles. The molecule has 0 atom stereocenters. The first kappa shape index (κ1) is 15.1. The van der Waals surface area contributed by atoms with Gasteiger partial charge in [-0.1, -0.05) is 18.2 Å². The van der Waals surface area contributed by atoms with Gasteiger partial charge in [-0.25, -0.2) is 0 Å². The zero-order valence-corrected chi connectivity index (χ0v) is 12.8. The van der Waals surface area contributed by atoms with Crippen molar-refractivity contribution >= 4 is 11.6 Å². The molecule has 0 bridgehead atoms. The number of hydrogen-bond acceptors (Lipinski definition) is 3. The molecule has 1 heterocycles. The third kappa shape index (κ3) is 3.63. The molecule has 0 aromatic heterocycles. The highest BCUT2D eigenvalue weighted by molar-refractivity contribution is 6.08. The van der Waals surface area contributed by atoms with Crippen LogP contribution in [-0.2, 0) is 11.2 Å². The van der Waals surface area contributed by atoms with Crippen molar-refractivity contribution in [1.29, 1.82) is 5.26 Å². The smallest absolute Gasteiger partial charge is 0.270 e. The van der Waals surface area contributed by atoms with Crippen molar-refractivity contribution < 1.29 is 4.79 Å². The molecule has 1 aromatic rings. The second-order valence-corrected chi connectivity index (χ2v) is 6.25. The van der Waals surface area contributed by atoms with E-state index in [-0.39, 0.29) is 17.0 Å². The van der Waals surface area contributed by atoms with Gasteiger partial charge in [0, 0.05) is 24.0 Å². The number of para-hydroxylation sites is 1. The first-order valence-corrected chi connectivity index (χ1v) is 7.20. The normalized spacial score (nSPS) is 15.1. The van der Waals surface area contributed by atoms with E-state index in [4.69, 9.17) is 0 Å². The van der Waals surface area contributed by atoms with Gasteiger partial charge in [0.15, 0.2) is 0 Å². The fourth-order valence-corrected chi connectivity index (χ4v) is 2.32. The average Bonchev–Trinajstić information content (AvgIpc) is 2.46. The van der Waals surface area contributed by atoms with E-state index in [1.807, 2.05) is 51.1 Å². The zero-order valence-electron chi connectivity index (χ0n) is 12.8. The number of nitrogens with zero attached hydrogens (tertiary/aromatic N) is 2. The second kappa shape index (κ2) is 6.01. The third-order valence-electron chi connectivity index (χ3n) is 3.36. The first-order valence-electron chi connectivity index (χ1n) is 7.20. The van der Waals surface area contributed by atoms with Crippen molar-refractivity contribution in [2.24, 2.45) is 0 Å². The van der Waals surface area contributed by atoms with E-state index in [0.29, 0.717) is 6.54 Å². The third-order valence-corrected chi connectivity index (χ3v) is 3.36. The van der Waals surface area contributed by atoms with Crippen LogP contribution in [0, 0.1) is 11.3 Å². The summed E-state index contributed by atoms with van der Waals surface area (Å²) in [6.07, 6.45) is 3.43. The Balaban J connectivity index is 2.26. The molecule has 0 saturated heterocycles. The monoisotopic (exact) mass is 283 g/mol. The minimum Gasteiger partial charge on any atom is -0.385 e. The van der Waals surface area contributed by atoms with Crippen molar-refractivity contribution in [3.63, 3.8) is 0 Å². The summed E-state index contributed by atoms with van der Waals surface area (Å²) >= 11 is 0. The molecule has 0 fully saturated rings. The van der Waals surface area contributed by atoms with Crippen LogP contribution >= 0.6 is 0 Å². The highest BCUT2D eigenvalue weighted by Crippen LogP contribution is 2.27. The molecule has 0 aliphatic carbocycles. The molecule has 0 radical (unpaired) electrons. The molecule has 1 amide bonds. The van der Waals surface area contributed by atoms with Crippen LogP contribution in [0.2, 0.25) is 0 Å². The minimum atomic E-state index is -0.235. The van der Waals surface area contributed by atoms with Gasteiger partial charge in [-0.3, -0.25) is 4.79 Å². The van der Waals surface area contributed by atoms with Gasteiger partial charge in [-0.15, -0.1) is 0 Å². The molecule has 1 aromatic carbocycles. The number of nitrogens with one attached hydrogen (secondary N) is 1. The summed E-state index contributed by atoms with van der Waals surface area (Å²) < 4.78 is 0. The summed E-state index contributed by atoms with van der Waals surface area (Å²) in [5.41, 5.74) is 2.05. The van der Waals surface area contributed by atoms with E-state index in [9.17, 15) is 10.1 Å². The van der Waals surface area contributed by atoms with Crippen LogP contribution in [0.5, 0.6) is 0 Å². The molecule has 110 valence electrons.